The fourth-order valence-corrected chi connectivity index (χ4v) is 0.651. The van der Waals surface area contributed by atoms with Gasteiger partial charge in [0.05, 0.1) is 16.9 Å². The fraction of sp³-hybridized carbons (Fsp3) is 0.250. The Bertz CT molecular complexity index is 174. The Hall–Kier alpha value is -0.510. The summed E-state index contributed by atoms with van der Waals surface area (Å²) in [6, 6.07) is 0. The average Bonchev–Trinajstić information content (AvgIpc) is 2.14. The molecule has 1 heterocycles. The second kappa shape index (κ2) is 2.17. The first-order valence-corrected chi connectivity index (χ1v) is 2.87. The highest BCUT2D eigenvalue weighted by molar-refractivity contribution is 9.10. The molecule has 0 aromatic carbocycles. The molecular weight excluding hydrogens is 172 g/mol. The third-order valence-electron chi connectivity index (χ3n) is 0.716. The molecule has 0 aliphatic rings. The van der Waals surface area contributed by atoms with E-state index in [2.05, 4.69) is 21.0 Å². The van der Waals surface area contributed by atoms with Crippen molar-refractivity contribution < 1.29 is 4.84 Å². The highest BCUT2D eigenvalue weighted by Gasteiger charge is 1.88. The number of aromatic nitrogens is 2. The van der Waals surface area contributed by atoms with Gasteiger partial charge in [-0.15, -0.1) is 9.94 Å². The van der Waals surface area contributed by atoms with Gasteiger partial charge in [0.15, 0.2) is 0 Å². The van der Waals surface area contributed by atoms with Gasteiger partial charge in [0.2, 0.25) is 0 Å². The molecule has 4 heteroatoms. The molecule has 0 aliphatic carbocycles. The van der Waals surface area contributed by atoms with E-state index < -0.39 is 0 Å². The lowest BCUT2D eigenvalue weighted by Gasteiger charge is -1.91. The van der Waals surface area contributed by atoms with E-state index in [1.54, 1.807) is 19.5 Å². The maximum absolute atomic E-state index is 4.71. The van der Waals surface area contributed by atoms with Crippen LogP contribution in [0.3, 0.4) is 0 Å². The zero-order valence-corrected chi connectivity index (χ0v) is 5.92. The number of halogens is 1. The molecule has 1 aromatic rings. The van der Waals surface area contributed by atoms with Crippen LogP contribution in [-0.4, -0.2) is 17.1 Å². The van der Waals surface area contributed by atoms with Gasteiger partial charge < -0.3 is 4.84 Å². The molecule has 0 radical (unpaired) electrons. The Balaban J connectivity index is 2.84. The van der Waals surface area contributed by atoms with Gasteiger partial charge in [0.25, 0.3) is 0 Å². The second-order valence-electron chi connectivity index (χ2n) is 1.24. The molecule has 0 N–H and O–H groups in total. The second-order valence-corrected chi connectivity index (χ2v) is 2.16. The van der Waals surface area contributed by atoms with Gasteiger partial charge >= 0.3 is 0 Å². The molecule has 1 aromatic heterocycles. The molecule has 0 atom stereocenters. The van der Waals surface area contributed by atoms with Gasteiger partial charge in [-0.05, 0) is 15.9 Å². The van der Waals surface area contributed by atoms with Gasteiger partial charge in [-0.2, -0.15) is 0 Å². The molecule has 8 heavy (non-hydrogen) atoms. The van der Waals surface area contributed by atoms with Crippen LogP contribution in [0.25, 0.3) is 0 Å². The zero-order valence-electron chi connectivity index (χ0n) is 4.34. The third-order valence-corrected chi connectivity index (χ3v) is 1.13. The van der Waals surface area contributed by atoms with Gasteiger partial charge in [-0.1, -0.05) is 0 Å². The van der Waals surface area contributed by atoms with E-state index in [9.17, 15) is 0 Å². The van der Waals surface area contributed by atoms with Crippen molar-refractivity contribution in [3.63, 3.8) is 0 Å². The number of rotatable bonds is 1. The monoisotopic (exact) mass is 176 g/mol. The van der Waals surface area contributed by atoms with E-state index in [1.165, 1.54) is 4.85 Å². The summed E-state index contributed by atoms with van der Waals surface area (Å²) < 4.78 is 0.916. The van der Waals surface area contributed by atoms with Crippen LogP contribution in [0.1, 0.15) is 0 Å². The van der Waals surface area contributed by atoms with Crippen molar-refractivity contribution >= 4 is 15.9 Å². The molecule has 0 saturated heterocycles. The lowest BCUT2D eigenvalue weighted by atomic mass is 10.8. The van der Waals surface area contributed by atoms with Crippen LogP contribution < -0.4 is 4.84 Å². The quantitative estimate of drug-likeness (QED) is 0.631. The molecule has 0 saturated carbocycles. The Labute approximate surface area is 55.3 Å². The summed E-state index contributed by atoms with van der Waals surface area (Å²) in [5.41, 5.74) is 0. The van der Waals surface area contributed by atoms with Crippen molar-refractivity contribution in [2.24, 2.45) is 0 Å². The zero-order chi connectivity index (χ0) is 5.98. The fourth-order valence-electron chi connectivity index (χ4n) is 0.384. The normalized spacial score (nSPS) is 9.25. The van der Waals surface area contributed by atoms with Crippen LogP contribution in [0, 0.1) is 0 Å². The first-order valence-electron chi connectivity index (χ1n) is 2.07. The SMILES string of the molecule is COn1cc(Br)cn1. The molecule has 0 amide bonds. The number of hydrogen-bond acceptors (Lipinski definition) is 2. The van der Waals surface area contributed by atoms with Crippen LogP contribution in [0.15, 0.2) is 16.9 Å². The van der Waals surface area contributed by atoms with Crippen molar-refractivity contribution in [3.05, 3.63) is 16.9 Å². The molecule has 0 bridgehead atoms. The van der Waals surface area contributed by atoms with Crippen LogP contribution >= 0.6 is 15.9 Å². The largest absolute Gasteiger partial charge is 0.400 e. The van der Waals surface area contributed by atoms with Gasteiger partial charge in [0, 0.05) is 0 Å². The summed E-state index contributed by atoms with van der Waals surface area (Å²) in [5, 5.41) is 3.78. The number of hydrogen-bond donors (Lipinski definition) is 0. The first kappa shape index (κ1) is 5.62. The average molecular weight is 177 g/mol. The predicted octanol–water partition coefficient (Wildman–Crippen LogP) is 0.704. The summed E-state index contributed by atoms with van der Waals surface area (Å²) in [5.74, 6) is 0. The summed E-state index contributed by atoms with van der Waals surface area (Å²) in [6.45, 7) is 0. The van der Waals surface area contributed by atoms with Crippen LogP contribution in [0.4, 0.5) is 0 Å². The van der Waals surface area contributed by atoms with Gasteiger partial charge in [-0.3, -0.25) is 0 Å². The lowest BCUT2D eigenvalue weighted by Crippen LogP contribution is -2.04. The van der Waals surface area contributed by atoms with Crippen LogP contribution in [0.2, 0.25) is 0 Å². The minimum Gasteiger partial charge on any atom is -0.400 e. The molecule has 0 unspecified atom stereocenters. The maximum Gasteiger partial charge on any atom is 0.106 e. The van der Waals surface area contributed by atoms with E-state index >= 15 is 0 Å². The predicted molar refractivity (Wildman–Crippen MR) is 32.4 cm³/mol. The molecule has 0 spiro atoms. The van der Waals surface area contributed by atoms with Gasteiger partial charge in [0.1, 0.15) is 7.11 Å². The Morgan fingerprint density at radius 2 is 2.62 bits per heavy atom. The van der Waals surface area contributed by atoms with E-state index in [4.69, 9.17) is 4.84 Å². The molecule has 0 fully saturated rings. The molecule has 0 aliphatic heterocycles. The van der Waals surface area contributed by atoms with Crippen LogP contribution in [-0.2, 0) is 0 Å². The minimum atomic E-state index is 0.916. The minimum absolute atomic E-state index is 0.916. The number of nitrogens with zero attached hydrogens (tertiary/aromatic N) is 2. The summed E-state index contributed by atoms with van der Waals surface area (Å²) in [7, 11) is 1.56. The first-order chi connectivity index (χ1) is 3.83. The van der Waals surface area contributed by atoms with E-state index in [0.717, 1.165) is 4.47 Å². The highest BCUT2D eigenvalue weighted by atomic mass is 79.9. The molecule has 3 nitrogen and oxygen atoms in total. The third kappa shape index (κ3) is 1.01. The maximum atomic E-state index is 4.71. The van der Waals surface area contributed by atoms with Crippen LogP contribution in [0.5, 0.6) is 0 Å². The molecule has 1 rings (SSSR count). The summed E-state index contributed by atoms with van der Waals surface area (Å²) >= 11 is 3.21. The molecular formula is C4H5BrN2O. The summed E-state index contributed by atoms with van der Waals surface area (Å²) in [6.07, 6.45) is 3.38. The Kier molecular flexibility index (Phi) is 1.53. The van der Waals surface area contributed by atoms with Crippen molar-refractivity contribution in [3.8, 4) is 0 Å². The van der Waals surface area contributed by atoms with Crippen molar-refractivity contribution in [2.75, 3.05) is 7.11 Å². The van der Waals surface area contributed by atoms with E-state index in [0.29, 0.717) is 0 Å². The van der Waals surface area contributed by atoms with Gasteiger partial charge in [-0.25, -0.2) is 0 Å². The van der Waals surface area contributed by atoms with Crippen molar-refractivity contribution in [1.82, 2.24) is 9.94 Å². The smallest absolute Gasteiger partial charge is 0.106 e. The Morgan fingerprint density at radius 1 is 1.88 bits per heavy atom. The highest BCUT2D eigenvalue weighted by Crippen LogP contribution is 2.03. The van der Waals surface area contributed by atoms with Crippen molar-refractivity contribution in [1.29, 1.82) is 0 Å². The topological polar surface area (TPSA) is 27.1 Å². The van der Waals surface area contributed by atoms with E-state index in [-0.39, 0.29) is 0 Å². The standard InChI is InChI=1S/C4H5BrN2O/c1-8-7-3-4(5)2-6-7/h2-3H,1H3. The summed E-state index contributed by atoms with van der Waals surface area (Å²) in [4.78, 5) is 6.08. The molecule has 44 valence electrons. The lowest BCUT2D eigenvalue weighted by molar-refractivity contribution is 0.134. The van der Waals surface area contributed by atoms with Crippen molar-refractivity contribution in [2.45, 2.75) is 0 Å². The van der Waals surface area contributed by atoms with E-state index in [1.807, 2.05) is 0 Å². The Morgan fingerprint density at radius 3 is 2.88 bits per heavy atom.